The van der Waals surface area contributed by atoms with Gasteiger partial charge in [0.25, 0.3) is 0 Å². The van der Waals surface area contributed by atoms with Gasteiger partial charge in [0.2, 0.25) is 11.8 Å². The highest BCUT2D eigenvalue weighted by Crippen LogP contribution is 2.38. The molecule has 1 aliphatic rings. The lowest BCUT2D eigenvalue weighted by Crippen LogP contribution is -2.43. The average molecular weight is 509 g/mol. The van der Waals surface area contributed by atoms with Gasteiger partial charge in [-0.05, 0) is 49.3 Å². The molecule has 3 atom stereocenters. The average Bonchev–Trinajstić information content (AvgIpc) is 2.93. The number of hydrogen-bond donors (Lipinski definition) is 3. The van der Waals surface area contributed by atoms with Gasteiger partial charge in [-0.15, -0.1) is 0 Å². The molecule has 2 aromatic rings. The fourth-order valence-corrected chi connectivity index (χ4v) is 5.17. The quantitative estimate of drug-likeness (QED) is 0.430. The van der Waals surface area contributed by atoms with Crippen molar-refractivity contribution in [2.24, 2.45) is 11.7 Å². The predicted octanol–water partition coefficient (Wildman–Crippen LogP) is 3.56. The van der Waals surface area contributed by atoms with Crippen LogP contribution in [0.15, 0.2) is 54.6 Å². The molecule has 0 bridgehead atoms. The normalized spacial score (nSPS) is 18.0. The molecule has 0 spiro atoms. The molecule has 4 amide bonds. The Labute approximate surface area is 219 Å². The van der Waals surface area contributed by atoms with Crippen molar-refractivity contribution < 1.29 is 19.5 Å². The number of nitrogens with two attached hydrogens (primary N) is 1. The number of hydrogen-bond acceptors (Lipinski definition) is 4. The van der Waals surface area contributed by atoms with Crippen molar-refractivity contribution in [3.05, 3.63) is 71.3 Å². The number of carbonyl (C=O) groups is 3. The van der Waals surface area contributed by atoms with Crippen LogP contribution in [0, 0.1) is 5.92 Å². The maximum atomic E-state index is 13.4. The topological polar surface area (TPSA) is 116 Å². The molecule has 8 heteroatoms. The summed E-state index contributed by atoms with van der Waals surface area (Å²) >= 11 is 0. The number of nitrogens with zero attached hydrogens (tertiary/aromatic N) is 2. The monoisotopic (exact) mass is 508 g/mol. The van der Waals surface area contributed by atoms with E-state index < -0.39 is 11.9 Å². The molecule has 4 N–H and O–H groups in total. The molecule has 3 unspecified atom stereocenters. The van der Waals surface area contributed by atoms with Gasteiger partial charge in [0.15, 0.2) is 0 Å². The summed E-state index contributed by atoms with van der Waals surface area (Å²) in [7, 11) is 0. The van der Waals surface area contributed by atoms with Gasteiger partial charge in [-0.25, -0.2) is 4.79 Å². The van der Waals surface area contributed by atoms with Crippen LogP contribution >= 0.6 is 0 Å². The van der Waals surface area contributed by atoms with Crippen LogP contribution in [0.25, 0.3) is 0 Å². The molecular weight excluding hydrogens is 468 g/mol. The zero-order valence-corrected chi connectivity index (χ0v) is 21.9. The van der Waals surface area contributed by atoms with Crippen LogP contribution < -0.4 is 11.1 Å². The number of benzene rings is 2. The summed E-state index contributed by atoms with van der Waals surface area (Å²) in [5.41, 5.74) is 8.40. The molecule has 37 heavy (non-hydrogen) atoms. The second-order valence-corrected chi connectivity index (χ2v) is 9.59. The Bertz CT molecular complexity index is 1030. The van der Waals surface area contributed by atoms with Crippen molar-refractivity contribution in [1.29, 1.82) is 0 Å². The number of carbonyl (C=O) groups excluding carboxylic acids is 3. The maximum absolute atomic E-state index is 13.4. The van der Waals surface area contributed by atoms with Crippen LogP contribution in [0.3, 0.4) is 0 Å². The Morgan fingerprint density at radius 3 is 2.22 bits per heavy atom. The molecule has 3 rings (SSSR count). The van der Waals surface area contributed by atoms with E-state index in [1.54, 1.807) is 21.9 Å². The van der Waals surface area contributed by atoms with E-state index in [1.165, 1.54) is 0 Å². The van der Waals surface area contributed by atoms with Crippen LogP contribution in [0.5, 0.6) is 0 Å². The summed E-state index contributed by atoms with van der Waals surface area (Å²) in [5, 5.41) is 12.2. The summed E-state index contributed by atoms with van der Waals surface area (Å²) in [5.74, 6) is -0.911. The van der Waals surface area contributed by atoms with Gasteiger partial charge < -0.3 is 26.0 Å². The summed E-state index contributed by atoms with van der Waals surface area (Å²) in [6.07, 6.45) is 3.67. The van der Waals surface area contributed by atoms with E-state index in [0.717, 1.165) is 36.8 Å². The lowest BCUT2D eigenvalue weighted by atomic mass is 9.74. The summed E-state index contributed by atoms with van der Waals surface area (Å²) in [6, 6.07) is 16.3. The van der Waals surface area contributed by atoms with Gasteiger partial charge in [0.05, 0.1) is 6.61 Å². The van der Waals surface area contributed by atoms with Crippen molar-refractivity contribution in [3.8, 4) is 0 Å². The highest BCUT2D eigenvalue weighted by Gasteiger charge is 2.34. The van der Waals surface area contributed by atoms with Crippen LogP contribution in [0.4, 0.5) is 4.79 Å². The largest absolute Gasteiger partial charge is 0.395 e. The molecule has 0 saturated heterocycles. The number of aliphatic hydroxyl groups is 1. The van der Waals surface area contributed by atoms with E-state index in [4.69, 9.17) is 5.73 Å². The van der Waals surface area contributed by atoms with Gasteiger partial charge >= 0.3 is 6.03 Å². The molecule has 0 aromatic heterocycles. The van der Waals surface area contributed by atoms with E-state index in [9.17, 15) is 19.5 Å². The van der Waals surface area contributed by atoms with Crippen molar-refractivity contribution >= 4 is 17.8 Å². The SMILES string of the molecule is CCN(CCO)C(=O)N(CC)Cc1ccc(C2CCCCC2C(=O)NC(C(N)=O)c2ccccc2)cc1. The highest BCUT2D eigenvalue weighted by atomic mass is 16.3. The van der Waals surface area contributed by atoms with Gasteiger partial charge in [-0.1, -0.05) is 67.4 Å². The van der Waals surface area contributed by atoms with Gasteiger partial charge in [-0.2, -0.15) is 0 Å². The standard InChI is InChI=1S/C29H40N4O4/c1-3-32(18-19-34)29(37)33(4-2)20-21-14-16-22(17-15-21)24-12-8-9-13-25(24)28(36)31-26(27(30)35)23-10-6-5-7-11-23/h5-7,10-11,14-17,24-26,34H,3-4,8-9,12-13,18-20H2,1-2H3,(H2,30,35)(H,31,36). The molecule has 0 radical (unpaired) electrons. The number of urea groups is 1. The van der Waals surface area contributed by atoms with Crippen LogP contribution in [0.1, 0.15) is 68.2 Å². The number of aliphatic hydroxyl groups excluding tert-OH is 1. The molecule has 1 fully saturated rings. The number of primary amides is 1. The Morgan fingerprint density at radius 2 is 1.62 bits per heavy atom. The molecule has 200 valence electrons. The summed E-state index contributed by atoms with van der Waals surface area (Å²) in [4.78, 5) is 41.7. The minimum atomic E-state index is -0.857. The predicted molar refractivity (Wildman–Crippen MR) is 143 cm³/mol. The first-order valence-electron chi connectivity index (χ1n) is 13.3. The maximum Gasteiger partial charge on any atom is 0.320 e. The molecule has 1 aliphatic carbocycles. The molecule has 0 heterocycles. The third kappa shape index (κ3) is 7.32. The van der Waals surface area contributed by atoms with E-state index in [0.29, 0.717) is 31.7 Å². The van der Waals surface area contributed by atoms with Gasteiger partial charge in [0.1, 0.15) is 6.04 Å². The van der Waals surface area contributed by atoms with E-state index in [2.05, 4.69) is 17.4 Å². The minimum absolute atomic E-state index is 0.0520. The second kappa shape index (κ2) is 13.8. The number of likely N-dealkylation sites (N-methyl/N-ethyl adjacent to an activating group) is 1. The zero-order chi connectivity index (χ0) is 26.8. The first-order chi connectivity index (χ1) is 17.9. The van der Waals surface area contributed by atoms with Crippen molar-refractivity contribution in [3.63, 3.8) is 0 Å². The molecule has 1 saturated carbocycles. The highest BCUT2D eigenvalue weighted by molar-refractivity contribution is 5.89. The van der Waals surface area contributed by atoms with E-state index in [-0.39, 0.29) is 30.4 Å². The molecule has 8 nitrogen and oxygen atoms in total. The molecular formula is C29H40N4O4. The van der Waals surface area contributed by atoms with Crippen LogP contribution in [-0.4, -0.2) is 59.0 Å². The van der Waals surface area contributed by atoms with Gasteiger partial charge in [0, 0.05) is 32.1 Å². The lowest BCUT2D eigenvalue weighted by Gasteiger charge is -2.32. The fraction of sp³-hybridized carbons (Fsp3) is 0.483. The number of amides is 4. The number of rotatable bonds is 11. The third-order valence-electron chi connectivity index (χ3n) is 7.26. The first-order valence-corrected chi connectivity index (χ1v) is 13.3. The summed E-state index contributed by atoms with van der Waals surface area (Å²) < 4.78 is 0. The molecule has 2 aromatic carbocycles. The Kier molecular flexibility index (Phi) is 10.5. The second-order valence-electron chi connectivity index (χ2n) is 9.59. The molecule has 0 aliphatic heterocycles. The minimum Gasteiger partial charge on any atom is -0.395 e. The van der Waals surface area contributed by atoms with Crippen molar-refractivity contribution in [2.45, 2.75) is 58.0 Å². The number of nitrogens with one attached hydrogen (secondary N) is 1. The van der Waals surface area contributed by atoms with Crippen molar-refractivity contribution in [1.82, 2.24) is 15.1 Å². The fourth-order valence-electron chi connectivity index (χ4n) is 5.17. The van der Waals surface area contributed by atoms with Crippen LogP contribution in [0.2, 0.25) is 0 Å². The zero-order valence-electron chi connectivity index (χ0n) is 21.9. The van der Waals surface area contributed by atoms with Gasteiger partial charge in [-0.3, -0.25) is 9.59 Å². The third-order valence-corrected chi connectivity index (χ3v) is 7.26. The summed E-state index contributed by atoms with van der Waals surface area (Å²) in [6.45, 7) is 5.68. The Morgan fingerprint density at radius 1 is 0.973 bits per heavy atom. The van der Waals surface area contributed by atoms with E-state index in [1.807, 2.05) is 44.2 Å². The smallest absolute Gasteiger partial charge is 0.320 e. The van der Waals surface area contributed by atoms with Crippen molar-refractivity contribution in [2.75, 3.05) is 26.2 Å². The lowest BCUT2D eigenvalue weighted by molar-refractivity contribution is -0.131. The Balaban J connectivity index is 1.71. The Hall–Kier alpha value is -3.39. The van der Waals surface area contributed by atoms with Crippen LogP contribution in [-0.2, 0) is 16.1 Å². The van der Waals surface area contributed by atoms with E-state index >= 15 is 0 Å². The first kappa shape index (κ1) is 28.2.